The fourth-order valence-electron chi connectivity index (χ4n) is 7.00. The Bertz CT molecular complexity index is 1240. The molecule has 2 saturated heterocycles. The van der Waals surface area contributed by atoms with E-state index in [-0.39, 0.29) is 35.5 Å². The van der Waals surface area contributed by atoms with E-state index in [0.717, 1.165) is 64.2 Å². The summed E-state index contributed by atoms with van der Waals surface area (Å²) in [6.45, 7) is 4.56. The number of benzene rings is 2. The van der Waals surface area contributed by atoms with Crippen LogP contribution in [0.25, 0.3) is 0 Å². The van der Waals surface area contributed by atoms with E-state index < -0.39 is 35.6 Å². The summed E-state index contributed by atoms with van der Waals surface area (Å²) in [5.41, 5.74) is 6.53. The van der Waals surface area contributed by atoms with Crippen molar-refractivity contribution >= 4 is 23.4 Å². The molecule has 12 heteroatoms. The number of nitrogens with zero attached hydrogens (tertiary/aromatic N) is 2. The number of Topliss-reactive ketones (excluding diaryl/α,β-unsaturated/α-hetero) is 2. The Morgan fingerprint density at radius 2 is 0.920 bits per heavy atom. The number of aliphatic hydroxyl groups excluding tert-OH is 2. The number of likely N-dealkylation sites (tertiary alicyclic amines) is 2. The van der Waals surface area contributed by atoms with Crippen LogP contribution in [-0.4, -0.2) is 121 Å². The molecule has 50 heavy (non-hydrogen) atoms. The molecule has 274 valence electrons. The molecule has 2 aliphatic heterocycles. The highest BCUT2D eigenvalue weighted by atomic mass is 16.5. The maximum atomic E-state index is 12.8. The highest BCUT2D eigenvalue weighted by molar-refractivity contribution is 6.43. The van der Waals surface area contributed by atoms with Crippen molar-refractivity contribution < 1.29 is 48.0 Å². The predicted octanol–water partition coefficient (Wildman–Crippen LogP) is 3.13. The lowest BCUT2D eigenvalue weighted by atomic mass is 10.1. The van der Waals surface area contributed by atoms with Gasteiger partial charge in [-0.2, -0.15) is 10.9 Å². The van der Waals surface area contributed by atoms with Crippen LogP contribution in [0.3, 0.4) is 0 Å². The van der Waals surface area contributed by atoms with Crippen LogP contribution in [0.4, 0.5) is 0 Å². The van der Waals surface area contributed by atoms with Crippen LogP contribution in [0.1, 0.15) is 84.9 Å². The number of amides is 2. The zero-order valence-corrected chi connectivity index (χ0v) is 29.3. The molecule has 0 spiro atoms. The molecule has 4 N–H and O–H groups in total. The van der Waals surface area contributed by atoms with E-state index in [9.17, 15) is 29.4 Å². The van der Waals surface area contributed by atoms with Crippen molar-refractivity contribution in [3.05, 3.63) is 71.8 Å². The van der Waals surface area contributed by atoms with Crippen molar-refractivity contribution in [1.82, 2.24) is 10.9 Å². The molecule has 2 aromatic rings. The summed E-state index contributed by atoms with van der Waals surface area (Å²) < 4.78 is 11.9. The number of ketones is 2. The third-order valence-corrected chi connectivity index (χ3v) is 9.57. The number of unbranched alkanes of at least 4 members (excludes halogenated alkanes) is 3. The summed E-state index contributed by atoms with van der Waals surface area (Å²) in [7, 11) is 0. The van der Waals surface area contributed by atoms with E-state index in [2.05, 4.69) is 10.9 Å². The Labute approximate surface area is 295 Å². The smallest absolute Gasteiger partial charge is 0.336 e. The van der Waals surface area contributed by atoms with Crippen molar-refractivity contribution in [3.63, 3.8) is 0 Å². The van der Waals surface area contributed by atoms with Crippen molar-refractivity contribution in [1.29, 1.82) is 0 Å². The van der Waals surface area contributed by atoms with Gasteiger partial charge in [0.1, 0.15) is 51.5 Å². The fraction of sp³-hybridized carbons (Fsp3) is 0.579. The highest BCUT2D eigenvalue weighted by Gasteiger charge is 2.38. The second-order valence-electron chi connectivity index (χ2n) is 13.8. The quantitative estimate of drug-likeness (QED) is 0.0673. The zero-order chi connectivity index (χ0) is 35.7. The second-order valence-corrected chi connectivity index (χ2v) is 13.8. The minimum absolute atomic E-state index is 0.157. The molecule has 2 aliphatic rings. The van der Waals surface area contributed by atoms with Crippen molar-refractivity contribution in [3.8, 4) is 0 Å². The first-order chi connectivity index (χ1) is 24.2. The van der Waals surface area contributed by atoms with Gasteiger partial charge in [-0.3, -0.25) is 19.2 Å². The Kier molecular flexibility index (Phi) is 16.0. The number of aliphatic hydroxyl groups is 2. The van der Waals surface area contributed by atoms with Gasteiger partial charge < -0.3 is 19.7 Å². The maximum absolute atomic E-state index is 12.8. The summed E-state index contributed by atoms with van der Waals surface area (Å²) in [5, 5.41) is 21.5. The standard InChI is InChI=1S/C38H54N4O8/c43-33(27-41(21-11-5-12-22-41)39-37(47)35(45)31-17-7-3-8-18-31)29-49-25-15-1-2-16-26-50-30-34(44)28-42(23-13-6-14-24-42)40-38(48)36(46)32-19-9-4-10-20-32/h3-4,7-10,17-20,33-34,43-44H,1-2,5-6,11-16,21-30H2/p+2. The summed E-state index contributed by atoms with van der Waals surface area (Å²) >= 11 is 0. The van der Waals surface area contributed by atoms with E-state index in [1.165, 1.54) is 0 Å². The molecule has 2 amide bonds. The van der Waals surface area contributed by atoms with E-state index in [1.54, 1.807) is 60.7 Å². The van der Waals surface area contributed by atoms with Crippen LogP contribution < -0.4 is 10.9 Å². The van der Waals surface area contributed by atoms with Gasteiger partial charge in [0.15, 0.2) is 0 Å². The lowest BCUT2D eigenvalue weighted by Gasteiger charge is -2.41. The number of carbonyl (C=O) groups is 4. The SMILES string of the molecule is O=C(N[N+]1(CC(O)COCCCCCCOCC(O)C[N+]2(NC(=O)C(=O)c3ccccc3)CCCCC2)CCCCC1)C(=O)c1ccccc1. The van der Waals surface area contributed by atoms with E-state index >= 15 is 0 Å². The summed E-state index contributed by atoms with van der Waals surface area (Å²) in [5.74, 6) is -2.46. The average Bonchev–Trinajstić information content (AvgIpc) is 3.13. The molecular weight excluding hydrogens is 640 g/mol. The van der Waals surface area contributed by atoms with E-state index in [0.29, 0.717) is 50.5 Å². The first-order valence-electron chi connectivity index (χ1n) is 18.3. The number of quaternary nitrogens is 2. The first-order valence-corrected chi connectivity index (χ1v) is 18.3. The Hall–Kier alpha value is -3.52. The molecule has 0 radical (unpaired) electrons. The maximum Gasteiger partial charge on any atom is 0.336 e. The minimum atomic E-state index is -0.774. The predicted molar refractivity (Wildman–Crippen MR) is 187 cm³/mol. The van der Waals surface area contributed by atoms with Gasteiger partial charge in [-0.1, -0.05) is 73.5 Å². The minimum Gasteiger partial charge on any atom is -0.385 e. The second kappa shape index (κ2) is 20.4. The van der Waals surface area contributed by atoms with Gasteiger partial charge in [-0.15, -0.1) is 0 Å². The van der Waals surface area contributed by atoms with Crippen molar-refractivity contribution in [2.45, 2.75) is 76.4 Å². The highest BCUT2D eigenvalue weighted by Crippen LogP contribution is 2.19. The molecule has 2 unspecified atom stereocenters. The van der Waals surface area contributed by atoms with Gasteiger partial charge in [0.2, 0.25) is 0 Å². The molecule has 0 aliphatic carbocycles. The number of ether oxygens (including phenoxy) is 2. The molecule has 2 atom stereocenters. The lowest BCUT2D eigenvalue weighted by Crippen LogP contribution is -2.66. The molecule has 2 heterocycles. The van der Waals surface area contributed by atoms with E-state index in [1.807, 2.05) is 0 Å². The number of nitrogens with one attached hydrogen (secondary N) is 2. The molecule has 2 aromatic carbocycles. The number of hydrogen-bond donors (Lipinski definition) is 4. The molecule has 0 aromatic heterocycles. The van der Waals surface area contributed by atoms with Gasteiger partial charge in [0.05, 0.1) is 13.2 Å². The third-order valence-electron chi connectivity index (χ3n) is 9.57. The van der Waals surface area contributed by atoms with Gasteiger partial charge in [-0.25, -0.2) is 9.18 Å². The monoisotopic (exact) mass is 696 g/mol. The zero-order valence-electron chi connectivity index (χ0n) is 29.3. The largest absolute Gasteiger partial charge is 0.385 e. The molecule has 12 nitrogen and oxygen atoms in total. The topological polar surface area (TPSA) is 151 Å². The van der Waals surface area contributed by atoms with Crippen LogP contribution in [0.15, 0.2) is 60.7 Å². The van der Waals surface area contributed by atoms with Crippen LogP contribution in [0.5, 0.6) is 0 Å². The Morgan fingerprint density at radius 3 is 1.28 bits per heavy atom. The Balaban J connectivity index is 1.07. The average molecular weight is 697 g/mol. The van der Waals surface area contributed by atoms with Crippen molar-refractivity contribution in [2.75, 3.05) is 65.7 Å². The van der Waals surface area contributed by atoms with Crippen LogP contribution in [-0.2, 0) is 19.1 Å². The third kappa shape index (κ3) is 12.7. The normalized spacial score (nSPS) is 18.0. The molecule has 0 bridgehead atoms. The molecule has 4 rings (SSSR count). The fourth-order valence-corrected chi connectivity index (χ4v) is 7.00. The van der Waals surface area contributed by atoms with E-state index in [4.69, 9.17) is 9.47 Å². The molecule has 2 fully saturated rings. The Morgan fingerprint density at radius 1 is 0.560 bits per heavy atom. The summed E-state index contributed by atoms with van der Waals surface area (Å²) in [6, 6.07) is 17.0. The number of piperidine rings is 2. The van der Waals surface area contributed by atoms with Gasteiger partial charge in [-0.05, 0) is 51.4 Å². The van der Waals surface area contributed by atoms with Gasteiger partial charge >= 0.3 is 11.8 Å². The van der Waals surface area contributed by atoms with Crippen LogP contribution in [0, 0.1) is 0 Å². The van der Waals surface area contributed by atoms with Gasteiger partial charge in [0.25, 0.3) is 11.6 Å². The number of rotatable bonds is 21. The number of hydrogen-bond acceptors (Lipinski definition) is 8. The number of carbonyl (C=O) groups excluding carboxylic acids is 4. The lowest BCUT2D eigenvalue weighted by molar-refractivity contribution is -0.967. The molecular formula is C38H56N4O8+2. The van der Waals surface area contributed by atoms with Crippen molar-refractivity contribution in [2.24, 2.45) is 0 Å². The molecule has 0 saturated carbocycles. The van der Waals surface area contributed by atoms with Crippen LogP contribution >= 0.6 is 0 Å². The van der Waals surface area contributed by atoms with Crippen LogP contribution in [0.2, 0.25) is 0 Å². The summed E-state index contributed by atoms with van der Waals surface area (Å²) in [6.07, 6.45) is 7.72. The summed E-state index contributed by atoms with van der Waals surface area (Å²) in [4.78, 5) is 50.9. The first kappa shape index (κ1) is 39.3. The van der Waals surface area contributed by atoms with Gasteiger partial charge in [0, 0.05) is 24.3 Å².